The Morgan fingerprint density at radius 1 is 0.857 bits per heavy atom. The lowest BCUT2D eigenvalue weighted by atomic mass is 10.1. The molecular weight excluding hydrogens is 682 g/mol. The van der Waals surface area contributed by atoms with E-state index in [4.69, 9.17) is 10.8 Å². The lowest BCUT2D eigenvalue weighted by Gasteiger charge is -2.02. The van der Waals surface area contributed by atoms with E-state index in [0.29, 0.717) is 11.3 Å². The first-order valence-electron chi connectivity index (χ1n) is 10.2. The molecule has 0 atom stereocenters. The van der Waals surface area contributed by atoms with Gasteiger partial charge in [-0.3, -0.25) is 4.79 Å². The van der Waals surface area contributed by atoms with Crippen LogP contribution in [0, 0.1) is 32.6 Å². The number of carbonyl (C=O) groups excluding carboxylic acids is 1. The van der Waals surface area contributed by atoms with Gasteiger partial charge in [0.05, 0.1) is 11.4 Å². The number of nitrogens with two attached hydrogens (primary N) is 1. The zero-order valence-corrected chi connectivity index (χ0v) is 23.1. The first kappa shape index (κ1) is 28.5. The quantitative estimate of drug-likeness (QED) is 0.110. The molecule has 5 N–H and O–H groups in total. The van der Waals surface area contributed by atoms with Gasteiger partial charge in [0, 0.05) is 26.0 Å². The molecule has 0 radical (unpaired) electrons. The molecule has 6 nitrogen and oxygen atoms in total. The number of nitrogen functional groups attached to an aromatic ring is 1. The molecule has 0 spiro atoms. The number of anilines is 1. The molecule has 2 heterocycles. The van der Waals surface area contributed by atoms with Gasteiger partial charge in [-0.1, -0.05) is 6.07 Å². The van der Waals surface area contributed by atoms with Crippen molar-refractivity contribution in [1.82, 2.24) is 9.97 Å². The summed E-state index contributed by atoms with van der Waals surface area (Å²) in [7, 11) is 0. The number of aromatic nitrogens is 2. The van der Waals surface area contributed by atoms with Crippen molar-refractivity contribution in [3.63, 3.8) is 0 Å². The molecule has 0 saturated carbocycles. The van der Waals surface area contributed by atoms with Crippen molar-refractivity contribution < 1.29 is 23.5 Å². The molecule has 184 valence electrons. The van der Waals surface area contributed by atoms with Crippen LogP contribution in [0.4, 0.5) is 14.5 Å². The number of H-pyrrole nitrogens is 2. The Labute approximate surface area is 228 Å². The van der Waals surface area contributed by atoms with E-state index in [1.807, 2.05) is 59.0 Å². The molecule has 10 heteroatoms. The largest absolute Gasteiger partial charge is 0.477 e. The monoisotopic (exact) mass is 705 g/mol. The van der Waals surface area contributed by atoms with Crippen molar-refractivity contribution >= 4 is 62.6 Å². The van der Waals surface area contributed by atoms with Crippen LogP contribution in [0.2, 0.25) is 0 Å². The lowest BCUT2D eigenvalue weighted by Crippen LogP contribution is -2.05. The van der Waals surface area contributed by atoms with Gasteiger partial charge in [-0.2, -0.15) is 0 Å². The van der Waals surface area contributed by atoms with Crippen molar-refractivity contribution in [1.29, 1.82) is 0 Å². The van der Waals surface area contributed by atoms with Crippen LogP contribution in [0.1, 0.15) is 37.7 Å². The summed E-state index contributed by atoms with van der Waals surface area (Å²) in [4.78, 5) is 27.5. The number of halogens is 4. The average Bonchev–Trinajstić information content (AvgIpc) is 3.42. The van der Waals surface area contributed by atoms with Crippen molar-refractivity contribution in [2.45, 2.75) is 20.3 Å². The van der Waals surface area contributed by atoms with E-state index in [1.54, 1.807) is 48.8 Å². The summed E-state index contributed by atoms with van der Waals surface area (Å²) >= 11 is 4.07. The second-order valence-corrected chi connectivity index (χ2v) is 9.98. The van der Waals surface area contributed by atoms with E-state index in [0.717, 1.165) is 18.3 Å². The third-order valence-electron chi connectivity index (χ3n) is 4.51. The fourth-order valence-corrected chi connectivity index (χ4v) is 3.63. The zero-order chi connectivity index (χ0) is 26.1. The van der Waals surface area contributed by atoms with Crippen LogP contribution in [-0.4, -0.2) is 26.8 Å². The van der Waals surface area contributed by atoms with Crippen LogP contribution >= 0.6 is 45.2 Å². The number of nitrogens with one attached hydrogen (secondary N) is 2. The Bertz CT molecular complexity index is 1320. The minimum absolute atomic E-state index is 0.0860. The lowest BCUT2D eigenvalue weighted by molar-refractivity contribution is 0.0691. The highest BCUT2D eigenvalue weighted by atomic mass is 127. The molecule has 0 amide bonds. The van der Waals surface area contributed by atoms with Crippen LogP contribution in [0.25, 0.3) is 0 Å². The van der Waals surface area contributed by atoms with Crippen LogP contribution in [0.5, 0.6) is 0 Å². The van der Waals surface area contributed by atoms with Crippen LogP contribution in [-0.2, 0) is 6.42 Å². The number of aryl methyl sites for hydroxylation is 2. The second-order valence-electron chi connectivity index (χ2n) is 7.49. The summed E-state index contributed by atoms with van der Waals surface area (Å²) in [6.07, 6.45) is 3.50. The van der Waals surface area contributed by atoms with Crippen molar-refractivity contribution in [3.8, 4) is 0 Å². The Morgan fingerprint density at radius 3 is 1.77 bits per heavy atom. The molecule has 0 aliphatic carbocycles. The normalized spacial score (nSPS) is 10.0. The maximum Gasteiger partial charge on any atom is 0.352 e. The van der Waals surface area contributed by atoms with E-state index in [-0.39, 0.29) is 35.2 Å². The van der Waals surface area contributed by atoms with Crippen LogP contribution in [0.3, 0.4) is 0 Å². The van der Waals surface area contributed by atoms with Crippen molar-refractivity contribution in [3.05, 3.63) is 108 Å². The second kappa shape index (κ2) is 13.4. The van der Waals surface area contributed by atoms with E-state index >= 15 is 0 Å². The summed E-state index contributed by atoms with van der Waals surface area (Å²) in [6, 6.07) is 13.0. The number of carboxylic acids is 1. The SMILES string of the molecule is Cc1c[nH]c(C(=O)Cc2ccc(I)cc2F)c1.Cc1c[nH]c(C(=O)O)c1.Nc1ccc(I)cc1F. The third kappa shape index (κ3) is 9.43. The fraction of sp³-hybridized carbons (Fsp3) is 0.120. The van der Waals surface area contributed by atoms with Gasteiger partial charge in [-0.05, 0) is 118 Å². The van der Waals surface area contributed by atoms with E-state index in [9.17, 15) is 18.4 Å². The molecule has 4 rings (SSSR count). The Morgan fingerprint density at radius 2 is 1.37 bits per heavy atom. The van der Waals surface area contributed by atoms with Gasteiger partial charge in [0.15, 0.2) is 5.78 Å². The van der Waals surface area contributed by atoms with Gasteiger partial charge >= 0.3 is 5.97 Å². The van der Waals surface area contributed by atoms with Crippen molar-refractivity contribution in [2.75, 3.05) is 5.73 Å². The molecule has 4 aromatic rings. The molecular formula is C25H23F2I2N3O3. The summed E-state index contributed by atoms with van der Waals surface area (Å²) < 4.78 is 27.7. The smallest absolute Gasteiger partial charge is 0.352 e. The Hall–Kier alpha value is -2.74. The predicted molar refractivity (Wildman–Crippen MR) is 149 cm³/mol. The summed E-state index contributed by atoms with van der Waals surface area (Å²) in [5.41, 5.74) is 8.55. The number of benzene rings is 2. The van der Waals surface area contributed by atoms with Gasteiger partial charge in [-0.15, -0.1) is 0 Å². The van der Waals surface area contributed by atoms with E-state index < -0.39 is 5.97 Å². The minimum Gasteiger partial charge on any atom is -0.477 e. The van der Waals surface area contributed by atoms with Crippen LogP contribution < -0.4 is 5.73 Å². The van der Waals surface area contributed by atoms with Gasteiger partial charge in [0.25, 0.3) is 0 Å². The van der Waals surface area contributed by atoms with Gasteiger partial charge in [0.2, 0.25) is 0 Å². The number of rotatable bonds is 4. The number of carbonyl (C=O) groups is 2. The van der Waals surface area contributed by atoms with Gasteiger partial charge in [-0.25, -0.2) is 13.6 Å². The molecule has 35 heavy (non-hydrogen) atoms. The molecule has 0 aliphatic rings. The van der Waals surface area contributed by atoms with Crippen molar-refractivity contribution in [2.24, 2.45) is 0 Å². The molecule has 0 saturated heterocycles. The van der Waals surface area contributed by atoms with E-state index in [2.05, 4.69) is 9.97 Å². The van der Waals surface area contributed by atoms with Gasteiger partial charge in [0.1, 0.15) is 17.3 Å². The summed E-state index contributed by atoms with van der Waals surface area (Å²) in [5.74, 6) is -1.68. The number of hydrogen-bond acceptors (Lipinski definition) is 3. The Kier molecular flexibility index (Phi) is 10.9. The average molecular weight is 705 g/mol. The summed E-state index contributed by atoms with van der Waals surface area (Å²) in [6.45, 7) is 3.74. The molecule has 0 fully saturated rings. The number of ketones is 1. The number of hydrogen-bond donors (Lipinski definition) is 4. The summed E-state index contributed by atoms with van der Waals surface area (Å²) in [5, 5.41) is 8.37. The predicted octanol–water partition coefficient (Wildman–Crippen LogP) is 6.53. The Balaban J connectivity index is 0.000000203. The molecule has 0 aliphatic heterocycles. The standard InChI is InChI=1S/C13H11FINO.C6H5FIN.C6H7NO2/c1-8-4-12(16-7-8)13(17)5-9-2-3-10(15)6-11(9)14;7-5-3-4(8)1-2-6(5)9;1-4-2-5(6(8)9)7-3-4/h2-4,6-7,16H,5H2,1H3;1-3H,9H2;2-3,7H,1H3,(H,8,9). The maximum atomic E-state index is 13.6. The topological polar surface area (TPSA) is 112 Å². The first-order chi connectivity index (χ1) is 16.5. The molecule has 0 bridgehead atoms. The molecule has 2 aromatic carbocycles. The van der Waals surface area contributed by atoms with E-state index in [1.165, 1.54) is 12.1 Å². The minimum atomic E-state index is -0.914. The number of Topliss-reactive ketones (excluding diaryl/α,β-unsaturated/α-hetero) is 1. The van der Waals surface area contributed by atoms with Crippen LogP contribution in [0.15, 0.2) is 60.9 Å². The molecule has 2 aromatic heterocycles. The highest BCUT2D eigenvalue weighted by Crippen LogP contribution is 2.15. The fourth-order valence-electron chi connectivity index (χ4n) is 2.72. The maximum absolute atomic E-state index is 13.6. The third-order valence-corrected chi connectivity index (χ3v) is 5.86. The van der Waals surface area contributed by atoms with Gasteiger partial charge < -0.3 is 20.8 Å². The zero-order valence-electron chi connectivity index (χ0n) is 18.8. The molecule has 0 unspecified atom stereocenters. The highest BCUT2D eigenvalue weighted by molar-refractivity contribution is 14.1. The number of carboxylic acid groups (broad SMARTS) is 1. The number of aromatic amines is 2. The first-order valence-corrected chi connectivity index (χ1v) is 12.3. The number of aromatic carboxylic acids is 1. The highest BCUT2D eigenvalue weighted by Gasteiger charge is 2.12.